The first-order valence-corrected chi connectivity index (χ1v) is 9.27. The number of amides is 2. The Morgan fingerprint density at radius 2 is 1.86 bits per heavy atom. The number of aliphatic carboxylic acids is 2. The molecule has 1 unspecified atom stereocenters. The van der Waals surface area contributed by atoms with E-state index in [-0.39, 0.29) is 38.1 Å². The van der Waals surface area contributed by atoms with Crippen LogP contribution in [0.1, 0.15) is 31.2 Å². The molecule has 0 bridgehead atoms. The van der Waals surface area contributed by atoms with Crippen molar-refractivity contribution in [2.75, 3.05) is 6.54 Å². The molecule has 9 heteroatoms. The van der Waals surface area contributed by atoms with E-state index in [0.29, 0.717) is 6.42 Å². The highest BCUT2D eigenvalue weighted by molar-refractivity contribution is 5.92. The lowest BCUT2D eigenvalue weighted by Crippen LogP contribution is -2.56. The molecule has 2 heterocycles. The van der Waals surface area contributed by atoms with Crippen LogP contribution >= 0.6 is 0 Å². The Morgan fingerprint density at radius 1 is 1.14 bits per heavy atom. The van der Waals surface area contributed by atoms with Crippen LogP contribution in [0, 0.1) is 0 Å². The molecule has 0 aliphatic carbocycles. The number of carbonyl (C=O) groups is 4. The number of fused-ring (bicyclic) bond motifs is 1. The molecule has 0 saturated carbocycles. The molecule has 2 amide bonds. The van der Waals surface area contributed by atoms with Crippen LogP contribution in [-0.4, -0.2) is 68.7 Å². The molecule has 0 aromatic heterocycles. The maximum atomic E-state index is 12.9. The van der Waals surface area contributed by atoms with Crippen molar-refractivity contribution in [3.8, 4) is 0 Å². The number of aryl methyl sites for hydroxylation is 1. The molecule has 2 fully saturated rings. The standard InChI is InChI=1S/C19H23N3O6/c23-16-9-8-13(17(24)22-15(19(27)28)10-11-21(16)22)20-14(18(25)26)7-6-12-4-2-1-3-5-12/h1-5,13-15,20H,6-11H2,(H,25,26)(H,27,28)/t13-,14?,15-/m0/s1. The highest BCUT2D eigenvalue weighted by Gasteiger charge is 2.46. The minimum absolute atomic E-state index is 0.0528. The summed E-state index contributed by atoms with van der Waals surface area (Å²) in [7, 11) is 0. The molecule has 3 rings (SSSR count). The number of rotatable bonds is 7. The topological polar surface area (TPSA) is 127 Å². The molecule has 28 heavy (non-hydrogen) atoms. The Balaban J connectivity index is 1.73. The molecule has 9 nitrogen and oxygen atoms in total. The van der Waals surface area contributed by atoms with Crippen molar-refractivity contribution >= 4 is 23.8 Å². The fourth-order valence-electron chi connectivity index (χ4n) is 3.70. The smallest absolute Gasteiger partial charge is 0.328 e. The van der Waals surface area contributed by atoms with Crippen LogP contribution in [0.25, 0.3) is 0 Å². The number of hydrazine groups is 1. The lowest BCUT2D eigenvalue weighted by molar-refractivity contribution is -0.166. The molecule has 1 aromatic rings. The van der Waals surface area contributed by atoms with Crippen LogP contribution in [-0.2, 0) is 25.6 Å². The monoisotopic (exact) mass is 389 g/mol. The molecular weight excluding hydrogens is 366 g/mol. The summed E-state index contributed by atoms with van der Waals surface area (Å²) in [6.07, 6.45) is 1.13. The Hall–Kier alpha value is -2.94. The molecular formula is C19H23N3O6. The summed E-state index contributed by atoms with van der Waals surface area (Å²) >= 11 is 0. The third kappa shape index (κ3) is 4.14. The van der Waals surface area contributed by atoms with Crippen LogP contribution in [0.15, 0.2) is 30.3 Å². The Kier molecular flexibility index (Phi) is 5.93. The predicted molar refractivity (Wildman–Crippen MR) is 96.9 cm³/mol. The van der Waals surface area contributed by atoms with Crippen molar-refractivity contribution in [2.24, 2.45) is 0 Å². The highest BCUT2D eigenvalue weighted by Crippen LogP contribution is 2.25. The van der Waals surface area contributed by atoms with Gasteiger partial charge in [0.2, 0.25) is 5.91 Å². The zero-order chi connectivity index (χ0) is 20.3. The van der Waals surface area contributed by atoms with Gasteiger partial charge in [0.1, 0.15) is 6.04 Å². The van der Waals surface area contributed by atoms with E-state index in [4.69, 9.17) is 0 Å². The van der Waals surface area contributed by atoms with Crippen molar-refractivity contribution in [1.29, 1.82) is 0 Å². The van der Waals surface area contributed by atoms with Gasteiger partial charge in [-0.25, -0.2) is 9.80 Å². The molecule has 2 saturated heterocycles. The summed E-state index contributed by atoms with van der Waals surface area (Å²) in [5, 5.41) is 23.9. The van der Waals surface area contributed by atoms with Gasteiger partial charge in [-0.15, -0.1) is 0 Å². The van der Waals surface area contributed by atoms with Crippen LogP contribution in [0.5, 0.6) is 0 Å². The van der Waals surface area contributed by atoms with E-state index in [0.717, 1.165) is 10.6 Å². The number of benzene rings is 1. The number of carboxylic acid groups (broad SMARTS) is 2. The van der Waals surface area contributed by atoms with Gasteiger partial charge in [-0.1, -0.05) is 30.3 Å². The van der Waals surface area contributed by atoms with Gasteiger partial charge in [0, 0.05) is 19.4 Å². The number of hydrogen-bond acceptors (Lipinski definition) is 5. The number of nitrogens with one attached hydrogen (secondary N) is 1. The fourth-order valence-corrected chi connectivity index (χ4v) is 3.70. The predicted octanol–water partition coefficient (Wildman–Crippen LogP) is 0.254. The Morgan fingerprint density at radius 3 is 2.50 bits per heavy atom. The van der Waals surface area contributed by atoms with Crippen LogP contribution in [0.2, 0.25) is 0 Å². The normalized spacial score (nSPS) is 23.3. The van der Waals surface area contributed by atoms with E-state index < -0.39 is 36.0 Å². The maximum absolute atomic E-state index is 12.9. The summed E-state index contributed by atoms with van der Waals surface area (Å²) in [5.74, 6) is -3.16. The van der Waals surface area contributed by atoms with E-state index >= 15 is 0 Å². The lowest BCUT2D eigenvalue weighted by atomic mass is 10.0. The summed E-state index contributed by atoms with van der Waals surface area (Å²) in [5.41, 5.74) is 0.981. The van der Waals surface area contributed by atoms with Gasteiger partial charge in [0.05, 0.1) is 6.04 Å². The second-order valence-electron chi connectivity index (χ2n) is 7.02. The van der Waals surface area contributed by atoms with E-state index in [1.807, 2.05) is 30.3 Å². The van der Waals surface area contributed by atoms with Crippen molar-refractivity contribution in [1.82, 2.24) is 15.3 Å². The van der Waals surface area contributed by atoms with Crippen molar-refractivity contribution in [3.63, 3.8) is 0 Å². The van der Waals surface area contributed by atoms with Gasteiger partial charge in [0.25, 0.3) is 5.91 Å². The highest BCUT2D eigenvalue weighted by atomic mass is 16.4. The van der Waals surface area contributed by atoms with Gasteiger partial charge < -0.3 is 10.2 Å². The Labute approximate surface area is 161 Å². The van der Waals surface area contributed by atoms with Crippen molar-refractivity contribution in [3.05, 3.63) is 35.9 Å². The third-order valence-electron chi connectivity index (χ3n) is 5.18. The number of hydrogen-bond donors (Lipinski definition) is 3. The van der Waals surface area contributed by atoms with Crippen LogP contribution in [0.4, 0.5) is 0 Å². The molecule has 0 spiro atoms. The molecule has 150 valence electrons. The molecule has 0 radical (unpaired) electrons. The first kappa shape index (κ1) is 19.8. The summed E-state index contributed by atoms with van der Waals surface area (Å²) in [6.45, 7) is 0.171. The minimum atomic E-state index is -1.18. The fraction of sp³-hybridized carbons (Fsp3) is 0.474. The molecule has 3 N–H and O–H groups in total. The first-order chi connectivity index (χ1) is 13.4. The summed E-state index contributed by atoms with van der Waals surface area (Å²) < 4.78 is 0. The lowest BCUT2D eigenvalue weighted by Gasteiger charge is -2.31. The van der Waals surface area contributed by atoms with E-state index in [2.05, 4.69) is 5.32 Å². The minimum Gasteiger partial charge on any atom is -0.480 e. The molecule has 2 aliphatic heterocycles. The van der Waals surface area contributed by atoms with Crippen LogP contribution in [0.3, 0.4) is 0 Å². The average molecular weight is 389 g/mol. The summed E-state index contributed by atoms with van der Waals surface area (Å²) in [4.78, 5) is 48.4. The number of carboxylic acids is 2. The van der Waals surface area contributed by atoms with Crippen molar-refractivity contribution in [2.45, 2.75) is 50.2 Å². The molecule has 3 atom stereocenters. The number of nitrogens with zero attached hydrogens (tertiary/aromatic N) is 2. The quantitative estimate of drug-likeness (QED) is 0.610. The largest absolute Gasteiger partial charge is 0.480 e. The maximum Gasteiger partial charge on any atom is 0.328 e. The van der Waals surface area contributed by atoms with Gasteiger partial charge >= 0.3 is 11.9 Å². The second kappa shape index (κ2) is 8.39. The zero-order valence-corrected chi connectivity index (χ0v) is 15.3. The number of carbonyl (C=O) groups excluding carboxylic acids is 2. The van der Waals surface area contributed by atoms with Gasteiger partial charge in [0.15, 0.2) is 6.04 Å². The van der Waals surface area contributed by atoms with E-state index in [9.17, 15) is 29.4 Å². The van der Waals surface area contributed by atoms with Gasteiger partial charge in [-0.2, -0.15) is 0 Å². The molecule has 2 aliphatic rings. The Bertz CT molecular complexity index is 768. The summed E-state index contributed by atoms with van der Waals surface area (Å²) in [6, 6.07) is 6.39. The van der Waals surface area contributed by atoms with Crippen molar-refractivity contribution < 1.29 is 29.4 Å². The van der Waals surface area contributed by atoms with Gasteiger partial charge in [-0.3, -0.25) is 24.7 Å². The van der Waals surface area contributed by atoms with Crippen LogP contribution < -0.4 is 5.32 Å². The average Bonchev–Trinajstić information content (AvgIpc) is 3.08. The molecule has 1 aromatic carbocycles. The first-order valence-electron chi connectivity index (χ1n) is 9.27. The SMILES string of the molecule is O=C(O)C(CCc1ccccc1)N[C@H]1CCC(=O)N2CC[C@@H](C(=O)O)N2C1=O. The third-order valence-corrected chi connectivity index (χ3v) is 5.18. The zero-order valence-electron chi connectivity index (χ0n) is 15.3. The second-order valence-corrected chi connectivity index (χ2v) is 7.02. The van der Waals surface area contributed by atoms with E-state index in [1.165, 1.54) is 5.01 Å². The van der Waals surface area contributed by atoms with Gasteiger partial charge in [-0.05, 0) is 24.8 Å². The van der Waals surface area contributed by atoms with E-state index in [1.54, 1.807) is 0 Å².